The van der Waals surface area contributed by atoms with Crippen molar-refractivity contribution in [2.45, 2.75) is 12.8 Å². The minimum absolute atomic E-state index is 0.255. The molecule has 0 bridgehead atoms. The lowest BCUT2D eigenvalue weighted by molar-refractivity contribution is -0.131. The highest BCUT2D eigenvalue weighted by Gasteiger charge is 2.15. The summed E-state index contributed by atoms with van der Waals surface area (Å²) in [6, 6.07) is 7.99. The highest BCUT2D eigenvalue weighted by molar-refractivity contribution is 7.99. The Bertz CT molecular complexity index is 663. The van der Waals surface area contributed by atoms with Crippen molar-refractivity contribution in [3.63, 3.8) is 0 Å². The molecule has 1 amide bonds. The first-order valence-electron chi connectivity index (χ1n) is 8.30. The van der Waals surface area contributed by atoms with Crippen LogP contribution in [0.4, 0.5) is 0 Å². The van der Waals surface area contributed by atoms with Crippen LogP contribution in [0.3, 0.4) is 0 Å². The minimum atomic E-state index is 0.255. The fourth-order valence-corrected chi connectivity index (χ4v) is 3.60. The van der Waals surface area contributed by atoms with Gasteiger partial charge in [-0.1, -0.05) is 12.1 Å². The summed E-state index contributed by atoms with van der Waals surface area (Å²) in [4.78, 5) is 14.0. The molecule has 0 radical (unpaired) electrons. The van der Waals surface area contributed by atoms with Crippen LogP contribution in [-0.2, 0) is 11.8 Å². The second-order valence-corrected chi connectivity index (χ2v) is 7.10. The van der Waals surface area contributed by atoms with Crippen molar-refractivity contribution in [1.29, 1.82) is 0 Å². The van der Waals surface area contributed by atoms with Gasteiger partial charge in [-0.15, -0.1) is 0 Å². The largest absolute Gasteiger partial charge is 0.494 e. The van der Waals surface area contributed by atoms with Gasteiger partial charge in [-0.3, -0.25) is 9.48 Å². The summed E-state index contributed by atoms with van der Waals surface area (Å²) < 4.78 is 7.53. The van der Waals surface area contributed by atoms with Crippen molar-refractivity contribution in [3.8, 4) is 16.9 Å². The molecule has 5 nitrogen and oxygen atoms in total. The summed E-state index contributed by atoms with van der Waals surface area (Å²) in [5.74, 6) is 3.21. The van der Waals surface area contributed by atoms with Crippen LogP contribution in [0.25, 0.3) is 11.1 Å². The van der Waals surface area contributed by atoms with Gasteiger partial charge in [-0.05, 0) is 24.1 Å². The highest BCUT2D eigenvalue weighted by Crippen LogP contribution is 2.22. The van der Waals surface area contributed by atoms with Gasteiger partial charge in [0.2, 0.25) is 5.91 Å². The average Bonchev–Trinajstić information content (AvgIpc) is 3.06. The average molecular weight is 345 g/mol. The van der Waals surface area contributed by atoms with Gasteiger partial charge in [0.05, 0.1) is 12.8 Å². The van der Waals surface area contributed by atoms with Crippen LogP contribution in [0.1, 0.15) is 12.8 Å². The third-order valence-electron chi connectivity index (χ3n) is 4.06. The maximum atomic E-state index is 12.1. The lowest BCUT2D eigenvalue weighted by atomic mass is 10.1. The molecule has 2 aromatic rings. The molecule has 128 valence electrons. The van der Waals surface area contributed by atoms with Gasteiger partial charge in [-0.25, -0.2) is 0 Å². The first-order valence-corrected chi connectivity index (χ1v) is 9.45. The second kappa shape index (κ2) is 8.24. The van der Waals surface area contributed by atoms with E-state index in [0.717, 1.165) is 47.9 Å². The summed E-state index contributed by atoms with van der Waals surface area (Å²) in [5.41, 5.74) is 2.21. The van der Waals surface area contributed by atoms with Gasteiger partial charge in [0.25, 0.3) is 0 Å². The van der Waals surface area contributed by atoms with Crippen molar-refractivity contribution in [2.75, 3.05) is 31.2 Å². The summed E-state index contributed by atoms with van der Waals surface area (Å²) in [6.45, 7) is 2.35. The quantitative estimate of drug-likeness (QED) is 0.756. The van der Waals surface area contributed by atoms with E-state index in [2.05, 4.69) is 5.10 Å². The maximum absolute atomic E-state index is 12.1. The lowest BCUT2D eigenvalue weighted by Crippen LogP contribution is -2.37. The number of hydrogen-bond acceptors (Lipinski definition) is 4. The van der Waals surface area contributed by atoms with Gasteiger partial charge in [0.15, 0.2) is 0 Å². The number of benzene rings is 1. The van der Waals surface area contributed by atoms with E-state index in [-0.39, 0.29) is 5.91 Å². The number of thioether (sulfide) groups is 1. The molecule has 0 saturated carbocycles. The molecule has 0 spiro atoms. The molecule has 2 heterocycles. The van der Waals surface area contributed by atoms with Gasteiger partial charge in [-0.2, -0.15) is 16.9 Å². The van der Waals surface area contributed by atoms with Crippen molar-refractivity contribution >= 4 is 17.7 Å². The molecule has 0 N–H and O–H groups in total. The number of amides is 1. The van der Waals surface area contributed by atoms with Crippen molar-refractivity contribution in [3.05, 3.63) is 36.7 Å². The number of aromatic nitrogens is 2. The molecule has 1 fully saturated rings. The van der Waals surface area contributed by atoms with Crippen molar-refractivity contribution in [2.24, 2.45) is 7.05 Å². The van der Waals surface area contributed by atoms with Crippen molar-refractivity contribution in [1.82, 2.24) is 14.7 Å². The van der Waals surface area contributed by atoms with Crippen LogP contribution in [-0.4, -0.2) is 51.8 Å². The Labute approximate surface area is 147 Å². The maximum Gasteiger partial charge on any atom is 0.222 e. The third-order valence-corrected chi connectivity index (χ3v) is 5.00. The fraction of sp³-hybridized carbons (Fsp3) is 0.444. The topological polar surface area (TPSA) is 47.4 Å². The molecule has 1 aliphatic heterocycles. The predicted octanol–water partition coefficient (Wildman–Crippen LogP) is 2.82. The Morgan fingerprint density at radius 2 is 1.96 bits per heavy atom. The molecule has 1 aromatic carbocycles. The van der Waals surface area contributed by atoms with E-state index in [1.165, 1.54) is 0 Å². The molecule has 24 heavy (non-hydrogen) atoms. The monoisotopic (exact) mass is 345 g/mol. The standard InChI is InChI=1S/C18H23N3O2S/c1-20-14-16(13-19-20)15-4-6-17(7-5-15)23-10-2-3-18(22)21-8-11-24-12-9-21/h4-7,13-14H,2-3,8-12H2,1H3. The van der Waals surface area contributed by atoms with Crippen LogP contribution in [0.2, 0.25) is 0 Å². The summed E-state index contributed by atoms with van der Waals surface area (Å²) >= 11 is 1.92. The number of carbonyl (C=O) groups excluding carboxylic acids is 1. The zero-order chi connectivity index (χ0) is 16.8. The Kier molecular flexibility index (Phi) is 5.80. The smallest absolute Gasteiger partial charge is 0.222 e. The molecular formula is C18H23N3O2S. The van der Waals surface area contributed by atoms with E-state index in [0.29, 0.717) is 13.0 Å². The van der Waals surface area contributed by atoms with Crippen LogP contribution in [0, 0.1) is 0 Å². The molecule has 0 unspecified atom stereocenters. The lowest BCUT2D eigenvalue weighted by Gasteiger charge is -2.26. The summed E-state index contributed by atoms with van der Waals surface area (Å²) in [7, 11) is 1.91. The van der Waals surface area contributed by atoms with Gasteiger partial charge >= 0.3 is 0 Å². The molecule has 1 aromatic heterocycles. The summed E-state index contributed by atoms with van der Waals surface area (Å²) in [6.07, 6.45) is 5.16. The Balaban J connectivity index is 1.41. The van der Waals surface area contributed by atoms with Crippen LogP contribution < -0.4 is 4.74 Å². The zero-order valence-electron chi connectivity index (χ0n) is 14.0. The Morgan fingerprint density at radius 3 is 2.62 bits per heavy atom. The van der Waals surface area contributed by atoms with Gasteiger partial charge in [0.1, 0.15) is 5.75 Å². The minimum Gasteiger partial charge on any atom is -0.494 e. The summed E-state index contributed by atoms with van der Waals surface area (Å²) in [5, 5.41) is 4.18. The molecule has 1 saturated heterocycles. The second-order valence-electron chi connectivity index (χ2n) is 5.87. The van der Waals surface area contributed by atoms with E-state index < -0.39 is 0 Å². The first kappa shape index (κ1) is 16.9. The number of carbonyl (C=O) groups is 1. The normalized spacial score (nSPS) is 14.6. The molecule has 0 atom stereocenters. The number of nitrogens with zero attached hydrogens (tertiary/aromatic N) is 3. The van der Waals surface area contributed by atoms with E-state index >= 15 is 0 Å². The van der Waals surface area contributed by atoms with Crippen LogP contribution >= 0.6 is 11.8 Å². The molecular weight excluding hydrogens is 322 g/mol. The molecule has 1 aliphatic rings. The van der Waals surface area contributed by atoms with Crippen molar-refractivity contribution < 1.29 is 9.53 Å². The van der Waals surface area contributed by atoms with E-state index in [9.17, 15) is 4.79 Å². The zero-order valence-corrected chi connectivity index (χ0v) is 14.8. The Hall–Kier alpha value is -1.95. The molecule has 6 heteroatoms. The van der Waals surface area contributed by atoms with E-state index in [1.54, 1.807) is 4.68 Å². The number of hydrogen-bond donors (Lipinski definition) is 0. The van der Waals surface area contributed by atoms with E-state index in [1.807, 2.05) is 60.4 Å². The highest BCUT2D eigenvalue weighted by atomic mass is 32.2. The number of ether oxygens (including phenoxy) is 1. The van der Waals surface area contributed by atoms with E-state index in [4.69, 9.17) is 4.74 Å². The van der Waals surface area contributed by atoms with Crippen LogP contribution in [0.15, 0.2) is 36.7 Å². The number of aryl methyl sites for hydroxylation is 1. The Morgan fingerprint density at radius 1 is 1.21 bits per heavy atom. The third kappa shape index (κ3) is 4.54. The van der Waals surface area contributed by atoms with Gasteiger partial charge in [0, 0.05) is 49.8 Å². The number of rotatable bonds is 6. The molecule has 3 rings (SSSR count). The predicted molar refractivity (Wildman–Crippen MR) is 97.3 cm³/mol. The SMILES string of the molecule is Cn1cc(-c2ccc(OCCCC(=O)N3CCSCC3)cc2)cn1. The van der Waals surface area contributed by atoms with Crippen LogP contribution in [0.5, 0.6) is 5.75 Å². The fourth-order valence-electron chi connectivity index (χ4n) is 2.70. The first-order chi connectivity index (χ1) is 11.7. The molecule has 0 aliphatic carbocycles. The van der Waals surface area contributed by atoms with Gasteiger partial charge < -0.3 is 9.64 Å².